The Balaban J connectivity index is 0.000000371. The van der Waals surface area contributed by atoms with Gasteiger partial charge in [0, 0.05) is 19.0 Å². The molecule has 0 amide bonds. The quantitative estimate of drug-likeness (QED) is 0.594. The molecule has 0 spiro atoms. The summed E-state index contributed by atoms with van der Waals surface area (Å²) in [6.45, 7) is 7.99. The molecule has 1 heterocycles. The zero-order valence-corrected chi connectivity index (χ0v) is 7.46. The molecule has 0 aromatic carbocycles. The second-order valence-corrected chi connectivity index (χ2v) is 2.72. The first-order valence-electron chi connectivity index (χ1n) is 4.07. The monoisotopic (exact) mass is 145 g/mol. The Hall–Kier alpha value is -0.0800. The molecule has 0 radical (unpaired) electrons. The Bertz CT molecular complexity index is 77.3. The van der Waals surface area contributed by atoms with Gasteiger partial charge in [-0.25, -0.2) is 0 Å². The fourth-order valence-corrected chi connectivity index (χ4v) is 1.05. The first-order valence-corrected chi connectivity index (χ1v) is 4.07. The highest BCUT2D eigenvalue weighted by molar-refractivity contribution is 4.80. The molecule has 1 fully saturated rings. The van der Waals surface area contributed by atoms with Crippen LogP contribution < -0.4 is 0 Å². The van der Waals surface area contributed by atoms with E-state index in [9.17, 15) is 0 Å². The first kappa shape index (κ1) is 9.92. The molecule has 2 heteroatoms. The number of hydrogen-bond donors (Lipinski definition) is 1. The van der Waals surface area contributed by atoms with Gasteiger partial charge < -0.3 is 10.0 Å². The number of aliphatic hydroxyl groups excluding tert-OH is 1. The van der Waals surface area contributed by atoms with Gasteiger partial charge in [-0.05, 0) is 14.0 Å². The van der Waals surface area contributed by atoms with Gasteiger partial charge in [0.25, 0.3) is 0 Å². The zero-order chi connectivity index (χ0) is 8.15. The molecule has 0 saturated carbocycles. The standard InChI is InChI=1S/C6H13NO.C2H6/c1-5(8)6-3-7(2)4-6;1-2/h5-6,8H,3-4H2,1-2H3;1-2H3. The summed E-state index contributed by atoms with van der Waals surface area (Å²) in [5.41, 5.74) is 0. The number of aliphatic hydroxyl groups is 1. The summed E-state index contributed by atoms with van der Waals surface area (Å²) < 4.78 is 0. The lowest BCUT2D eigenvalue weighted by Gasteiger charge is -2.37. The molecule has 10 heavy (non-hydrogen) atoms. The van der Waals surface area contributed by atoms with Crippen LogP contribution in [0.3, 0.4) is 0 Å². The van der Waals surface area contributed by atoms with Gasteiger partial charge in [-0.2, -0.15) is 0 Å². The van der Waals surface area contributed by atoms with Crippen molar-refractivity contribution in [3.05, 3.63) is 0 Å². The Morgan fingerprint density at radius 3 is 1.90 bits per heavy atom. The molecule has 1 aliphatic rings. The number of nitrogens with zero attached hydrogens (tertiary/aromatic N) is 1. The Morgan fingerprint density at radius 1 is 1.40 bits per heavy atom. The third-order valence-electron chi connectivity index (χ3n) is 1.77. The van der Waals surface area contributed by atoms with Gasteiger partial charge in [0.15, 0.2) is 0 Å². The van der Waals surface area contributed by atoms with Gasteiger partial charge in [-0.3, -0.25) is 0 Å². The van der Waals surface area contributed by atoms with Gasteiger partial charge >= 0.3 is 0 Å². The van der Waals surface area contributed by atoms with E-state index < -0.39 is 0 Å². The lowest BCUT2D eigenvalue weighted by molar-refractivity contribution is 0.0210. The Labute approximate surface area is 63.8 Å². The van der Waals surface area contributed by atoms with E-state index >= 15 is 0 Å². The van der Waals surface area contributed by atoms with E-state index in [0.29, 0.717) is 5.92 Å². The van der Waals surface area contributed by atoms with Crippen LogP contribution in [-0.4, -0.2) is 36.2 Å². The average Bonchev–Trinajstić information content (AvgIpc) is 1.86. The predicted molar refractivity (Wildman–Crippen MR) is 44.0 cm³/mol. The van der Waals surface area contributed by atoms with Crippen molar-refractivity contribution in [2.24, 2.45) is 5.92 Å². The highest BCUT2D eigenvalue weighted by Crippen LogP contribution is 2.15. The average molecular weight is 145 g/mol. The second-order valence-electron chi connectivity index (χ2n) is 2.72. The van der Waals surface area contributed by atoms with E-state index in [0.717, 1.165) is 13.1 Å². The molecule has 2 nitrogen and oxygen atoms in total. The maximum atomic E-state index is 8.96. The highest BCUT2D eigenvalue weighted by atomic mass is 16.3. The second kappa shape index (κ2) is 4.69. The summed E-state index contributed by atoms with van der Waals surface area (Å²) >= 11 is 0. The fraction of sp³-hybridized carbons (Fsp3) is 1.00. The molecule has 1 unspecified atom stereocenters. The highest BCUT2D eigenvalue weighted by Gasteiger charge is 2.26. The van der Waals surface area contributed by atoms with Crippen molar-refractivity contribution in [2.45, 2.75) is 26.9 Å². The van der Waals surface area contributed by atoms with Crippen molar-refractivity contribution in [3.8, 4) is 0 Å². The van der Waals surface area contributed by atoms with Crippen molar-refractivity contribution < 1.29 is 5.11 Å². The van der Waals surface area contributed by atoms with Crippen LogP contribution in [0.1, 0.15) is 20.8 Å². The van der Waals surface area contributed by atoms with Gasteiger partial charge in [0.05, 0.1) is 6.10 Å². The summed E-state index contributed by atoms with van der Waals surface area (Å²) in [4.78, 5) is 2.21. The minimum Gasteiger partial charge on any atom is -0.393 e. The van der Waals surface area contributed by atoms with Crippen LogP contribution in [0.15, 0.2) is 0 Å². The lowest BCUT2D eigenvalue weighted by atomic mass is 9.96. The fourth-order valence-electron chi connectivity index (χ4n) is 1.05. The molecule has 1 rings (SSSR count). The van der Waals surface area contributed by atoms with Gasteiger partial charge in [-0.1, -0.05) is 13.8 Å². The van der Waals surface area contributed by atoms with Crippen LogP contribution in [-0.2, 0) is 0 Å². The minimum absolute atomic E-state index is 0.105. The number of likely N-dealkylation sites (tertiary alicyclic amines) is 1. The Kier molecular flexibility index (Phi) is 4.65. The van der Waals surface area contributed by atoms with Crippen molar-refractivity contribution in [1.29, 1.82) is 0 Å². The van der Waals surface area contributed by atoms with Crippen molar-refractivity contribution in [2.75, 3.05) is 20.1 Å². The third kappa shape index (κ3) is 2.67. The summed E-state index contributed by atoms with van der Waals surface area (Å²) in [5.74, 6) is 0.542. The molecule has 1 saturated heterocycles. The molecule has 62 valence electrons. The first-order chi connectivity index (χ1) is 4.70. The van der Waals surface area contributed by atoms with Crippen molar-refractivity contribution in [3.63, 3.8) is 0 Å². The Morgan fingerprint density at radius 2 is 1.80 bits per heavy atom. The van der Waals surface area contributed by atoms with E-state index in [1.54, 1.807) is 0 Å². The topological polar surface area (TPSA) is 23.5 Å². The number of rotatable bonds is 1. The summed E-state index contributed by atoms with van der Waals surface area (Å²) in [6.07, 6.45) is -0.105. The van der Waals surface area contributed by atoms with E-state index in [1.165, 1.54) is 0 Å². The molecular weight excluding hydrogens is 126 g/mol. The minimum atomic E-state index is -0.105. The van der Waals surface area contributed by atoms with Crippen molar-refractivity contribution >= 4 is 0 Å². The third-order valence-corrected chi connectivity index (χ3v) is 1.77. The van der Waals surface area contributed by atoms with E-state index in [4.69, 9.17) is 5.11 Å². The van der Waals surface area contributed by atoms with Crippen molar-refractivity contribution in [1.82, 2.24) is 4.90 Å². The van der Waals surface area contributed by atoms with Crippen LogP contribution in [0.4, 0.5) is 0 Å². The summed E-state index contributed by atoms with van der Waals surface area (Å²) in [6, 6.07) is 0. The van der Waals surface area contributed by atoms with Crippen LogP contribution in [0.2, 0.25) is 0 Å². The maximum absolute atomic E-state index is 8.96. The SMILES string of the molecule is CC.CC(O)C1CN(C)C1. The molecule has 1 aliphatic heterocycles. The normalized spacial score (nSPS) is 22.5. The van der Waals surface area contributed by atoms with E-state index in [1.807, 2.05) is 20.8 Å². The van der Waals surface area contributed by atoms with Gasteiger partial charge in [0.1, 0.15) is 0 Å². The van der Waals surface area contributed by atoms with Crippen LogP contribution in [0, 0.1) is 5.92 Å². The molecule has 0 aromatic rings. The van der Waals surface area contributed by atoms with E-state index in [-0.39, 0.29) is 6.10 Å². The maximum Gasteiger partial charge on any atom is 0.0564 e. The lowest BCUT2D eigenvalue weighted by Crippen LogP contribution is -2.48. The largest absolute Gasteiger partial charge is 0.393 e. The molecule has 1 N–H and O–H groups in total. The van der Waals surface area contributed by atoms with E-state index in [2.05, 4.69) is 11.9 Å². The molecule has 0 aromatic heterocycles. The summed E-state index contributed by atoms with van der Waals surface area (Å²) in [7, 11) is 2.07. The molecule has 0 bridgehead atoms. The zero-order valence-electron chi connectivity index (χ0n) is 7.46. The van der Waals surface area contributed by atoms with Crippen LogP contribution in [0.5, 0.6) is 0 Å². The molecule has 0 aliphatic carbocycles. The van der Waals surface area contributed by atoms with Gasteiger partial charge in [-0.15, -0.1) is 0 Å². The van der Waals surface area contributed by atoms with Crippen LogP contribution >= 0.6 is 0 Å². The summed E-state index contributed by atoms with van der Waals surface area (Å²) in [5, 5.41) is 8.96. The van der Waals surface area contributed by atoms with Crippen LogP contribution in [0.25, 0.3) is 0 Å². The molecule has 1 atom stereocenters. The molecular formula is C8H19NO. The van der Waals surface area contributed by atoms with Gasteiger partial charge in [0.2, 0.25) is 0 Å². The predicted octanol–water partition coefficient (Wildman–Crippen LogP) is 0.955. The number of hydrogen-bond acceptors (Lipinski definition) is 2. The smallest absolute Gasteiger partial charge is 0.0564 e.